The van der Waals surface area contributed by atoms with Gasteiger partial charge in [0.2, 0.25) is 5.91 Å². The predicted molar refractivity (Wildman–Crippen MR) is 121 cm³/mol. The first-order chi connectivity index (χ1) is 14.4. The molecular formula is C20H22ClN3O4S2. The number of nitrogens with zero attached hydrogens (tertiary/aromatic N) is 3. The molecule has 160 valence electrons. The van der Waals surface area contributed by atoms with Gasteiger partial charge in [0.1, 0.15) is 4.32 Å². The minimum atomic E-state index is -0.354. The van der Waals surface area contributed by atoms with Gasteiger partial charge in [-0.3, -0.25) is 14.5 Å². The Balaban J connectivity index is 1.53. The van der Waals surface area contributed by atoms with Crippen molar-refractivity contribution >= 4 is 63.9 Å². The number of hydrogen-bond acceptors (Lipinski definition) is 6. The Morgan fingerprint density at radius 2 is 1.87 bits per heavy atom. The number of hydrogen-bond donors (Lipinski definition) is 0. The monoisotopic (exact) mass is 467 g/mol. The van der Waals surface area contributed by atoms with Crippen LogP contribution in [-0.2, 0) is 14.3 Å². The van der Waals surface area contributed by atoms with E-state index in [0.717, 1.165) is 5.56 Å². The van der Waals surface area contributed by atoms with E-state index in [0.29, 0.717) is 47.0 Å². The lowest BCUT2D eigenvalue weighted by Crippen LogP contribution is -2.51. The zero-order chi connectivity index (χ0) is 21.7. The zero-order valence-electron chi connectivity index (χ0n) is 16.5. The van der Waals surface area contributed by atoms with Gasteiger partial charge >= 0.3 is 6.09 Å². The van der Waals surface area contributed by atoms with Crippen molar-refractivity contribution in [3.8, 4) is 0 Å². The number of carbonyl (C=O) groups is 3. The second kappa shape index (κ2) is 10.3. The Morgan fingerprint density at radius 3 is 2.53 bits per heavy atom. The summed E-state index contributed by atoms with van der Waals surface area (Å²) in [6.45, 7) is 4.08. The zero-order valence-corrected chi connectivity index (χ0v) is 18.9. The number of thiocarbonyl (C=S) groups is 1. The topological polar surface area (TPSA) is 70.2 Å². The molecule has 2 saturated heterocycles. The molecule has 2 heterocycles. The highest BCUT2D eigenvalue weighted by Gasteiger charge is 2.33. The minimum absolute atomic E-state index is 0.0670. The number of amides is 3. The quantitative estimate of drug-likeness (QED) is 0.489. The predicted octanol–water partition coefficient (Wildman–Crippen LogP) is 3.23. The Morgan fingerprint density at radius 1 is 1.20 bits per heavy atom. The number of piperazine rings is 1. The smallest absolute Gasteiger partial charge is 0.409 e. The van der Waals surface area contributed by atoms with Gasteiger partial charge in [-0.15, -0.1) is 0 Å². The molecule has 0 unspecified atom stereocenters. The van der Waals surface area contributed by atoms with Crippen LogP contribution in [0.25, 0.3) is 6.08 Å². The molecule has 10 heteroatoms. The normalized spacial score (nSPS) is 18.3. The number of rotatable bonds is 5. The van der Waals surface area contributed by atoms with Gasteiger partial charge in [-0.25, -0.2) is 4.79 Å². The summed E-state index contributed by atoms with van der Waals surface area (Å²) in [6, 6.07) is 7.25. The lowest BCUT2D eigenvalue weighted by molar-refractivity contribution is -0.133. The van der Waals surface area contributed by atoms with Crippen LogP contribution in [0.2, 0.25) is 5.02 Å². The van der Waals surface area contributed by atoms with Gasteiger partial charge in [0.15, 0.2) is 0 Å². The van der Waals surface area contributed by atoms with Crippen LogP contribution in [0, 0.1) is 0 Å². The van der Waals surface area contributed by atoms with Gasteiger partial charge in [-0.1, -0.05) is 53.8 Å². The van der Waals surface area contributed by atoms with Crippen molar-refractivity contribution in [1.29, 1.82) is 0 Å². The lowest BCUT2D eigenvalue weighted by atomic mass is 10.2. The summed E-state index contributed by atoms with van der Waals surface area (Å²) in [7, 11) is 0. The van der Waals surface area contributed by atoms with E-state index >= 15 is 0 Å². The van der Waals surface area contributed by atoms with Crippen LogP contribution in [0.4, 0.5) is 4.79 Å². The molecule has 0 aliphatic carbocycles. The van der Waals surface area contributed by atoms with Crippen molar-refractivity contribution in [3.63, 3.8) is 0 Å². The molecule has 3 rings (SSSR count). The maximum Gasteiger partial charge on any atom is 0.409 e. The molecule has 3 amide bonds. The molecule has 0 N–H and O–H groups in total. The summed E-state index contributed by atoms with van der Waals surface area (Å²) < 4.78 is 5.41. The summed E-state index contributed by atoms with van der Waals surface area (Å²) in [5.41, 5.74) is 0.746. The van der Waals surface area contributed by atoms with E-state index in [1.54, 1.807) is 28.9 Å². The van der Waals surface area contributed by atoms with Gasteiger partial charge in [-0.05, 0) is 24.6 Å². The van der Waals surface area contributed by atoms with Gasteiger partial charge in [0.25, 0.3) is 5.91 Å². The van der Waals surface area contributed by atoms with Gasteiger partial charge in [-0.2, -0.15) is 0 Å². The number of benzene rings is 1. The highest BCUT2D eigenvalue weighted by atomic mass is 35.5. The number of halogens is 1. The van der Waals surface area contributed by atoms with Crippen LogP contribution >= 0.6 is 35.6 Å². The molecule has 0 atom stereocenters. The van der Waals surface area contributed by atoms with Crippen LogP contribution in [0.3, 0.4) is 0 Å². The van der Waals surface area contributed by atoms with Crippen molar-refractivity contribution in [2.24, 2.45) is 0 Å². The van der Waals surface area contributed by atoms with Crippen molar-refractivity contribution in [2.45, 2.75) is 13.3 Å². The van der Waals surface area contributed by atoms with Crippen LogP contribution in [0.5, 0.6) is 0 Å². The van der Waals surface area contributed by atoms with Gasteiger partial charge in [0, 0.05) is 44.2 Å². The van der Waals surface area contributed by atoms with Crippen molar-refractivity contribution in [2.75, 3.05) is 39.3 Å². The fourth-order valence-electron chi connectivity index (χ4n) is 3.14. The summed E-state index contributed by atoms with van der Waals surface area (Å²) >= 11 is 12.7. The molecule has 0 aromatic heterocycles. The molecule has 0 bridgehead atoms. The molecule has 30 heavy (non-hydrogen) atoms. The number of carbonyl (C=O) groups excluding carboxylic acids is 3. The highest BCUT2D eigenvalue weighted by Crippen LogP contribution is 2.33. The van der Waals surface area contributed by atoms with E-state index in [9.17, 15) is 14.4 Å². The molecule has 1 aromatic rings. The molecule has 2 fully saturated rings. The molecule has 7 nitrogen and oxygen atoms in total. The third kappa shape index (κ3) is 5.33. The summed E-state index contributed by atoms with van der Waals surface area (Å²) in [4.78, 5) is 42.3. The Bertz CT molecular complexity index is 885. The van der Waals surface area contributed by atoms with E-state index in [-0.39, 0.29) is 30.9 Å². The molecule has 0 radical (unpaired) electrons. The Labute approximate surface area is 190 Å². The molecule has 2 aliphatic heterocycles. The van der Waals surface area contributed by atoms with Crippen LogP contribution in [0.1, 0.15) is 18.9 Å². The second-order valence-corrected chi connectivity index (χ2v) is 8.75. The van der Waals surface area contributed by atoms with E-state index in [1.807, 2.05) is 18.2 Å². The van der Waals surface area contributed by atoms with E-state index in [1.165, 1.54) is 16.7 Å². The molecule has 0 spiro atoms. The van der Waals surface area contributed by atoms with Crippen molar-refractivity contribution in [3.05, 3.63) is 39.8 Å². The Kier molecular flexibility index (Phi) is 7.74. The standard InChI is InChI=1S/C20H22ClN3O4S2/c1-2-28-19(27)23-11-9-22(10-12-23)17(25)7-8-24-18(26)16(30-20(24)29)13-14-5-3-4-6-15(14)21/h3-6,13H,2,7-12H2,1H3/b16-13-. The fourth-order valence-corrected chi connectivity index (χ4v) is 4.63. The van der Waals surface area contributed by atoms with E-state index in [2.05, 4.69) is 0 Å². The van der Waals surface area contributed by atoms with Crippen molar-refractivity contribution in [1.82, 2.24) is 14.7 Å². The first-order valence-electron chi connectivity index (χ1n) is 9.60. The summed E-state index contributed by atoms with van der Waals surface area (Å²) in [5, 5.41) is 0.555. The van der Waals surface area contributed by atoms with Crippen LogP contribution < -0.4 is 0 Å². The number of thioether (sulfide) groups is 1. The average molecular weight is 468 g/mol. The first-order valence-corrected chi connectivity index (χ1v) is 11.2. The van der Waals surface area contributed by atoms with Gasteiger partial charge in [0.05, 0.1) is 11.5 Å². The highest BCUT2D eigenvalue weighted by molar-refractivity contribution is 8.26. The maximum absolute atomic E-state index is 12.7. The molecule has 0 saturated carbocycles. The van der Waals surface area contributed by atoms with E-state index < -0.39 is 0 Å². The fraction of sp³-hybridized carbons (Fsp3) is 0.400. The maximum atomic E-state index is 12.7. The molecule has 2 aliphatic rings. The number of ether oxygens (including phenoxy) is 1. The lowest BCUT2D eigenvalue weighted by Gasteiger charge is -2.34. The molecule has 1 aromatic carbocycles. The largest absolute Gasteiger partial charge is 0.450 e. The third-order valence-corrected chi connectivity index (χ3v) is 6.50. The Hall–Kier alpha value is -2.10. The SMILES string of the molecule is CCOC(=O)N1CCN(C(=O)CCN2C(=O)/C(=C/c3ccccc3Cl)SC2=S)CC1. The average Bonchev–Trinajstić information content (AvgIpc) is 3.01. The molecular weight excluding hydrogens is 446 g/mol. The third-order valence-electron chi connectivity index (χ3n) is 4.77. The minimum Gasteiger partial charge on any atom is -0.450 e. The van der Waals surface area contributed by atoms with Crippen molar-refractivity contribution < 1.29 is 19.1 Å². The van der Waals surface area contributed by atoms with Gasteiger partial charge < -0.3 is 14.5 Å². The van der Waals surface area contributed by atoms with Crippen LogP contribution in [0.15, 0.2) is 29.2 Å². The van der Waals surface area contributed by atoms with E-state index in [4.69, 9.17) is 28.6 Å². The summed E-state index contributed by atoms with van der Waals surface area (Å²) in [6.07, 6.45) is 1.54. The second-order valence-electron chi connectivity index (χ2n) is 6.67. The summed E-state index contributed by atoms with van der Waals surface area (Å²) in [5.74, 6) is -0.285. The van der Waals surface area contributed by atoms with Crippen LogP contribution in [-0.4, -0.2) is 76.3 Å². The first kappa shape index (κ1) is 22.6.